The molecule has 1 heterocycles. The summed E-state index contributed by atoms with van der Waals surface area (Å²) in [5.41, 5.74) is 7.35. The van der Waals surface area contributed by atoms with Crippen LogP contribution in [0.2, 0.25) is 0 Å². The van der Waals surface area contributed by atoms with Crippen LogP contribution in [-0.4, -0.2) is 4.98 Å². The molecule has 1 aromatic carbocycles. The molecule has 0 unspecified atom stereocenters. The Balaban J connectivity index is 1.96. The standard InChI is InChI=1S/C11H12N2OS/c1-8-7-15-11(13-8)6-14-10-4-2-9(12)3-5-10/h2-5,7H,6,12H2,1H3. The number of rotatable bonds is 3. The molecule has 0 saturated heterocycles. The Morgan fingerprint density at radius 2 is 2.07 bits per heavy atom. The van der Waals surface area contributed by atoms with Gasteiger partial charge in [0.25, 0.3) is 0 Å². The van der Waals surface area contributed by atoms with E-state index >= 15 is 0 Å². The van der Waals surface area contributed by atoms with Crippen molar-refractivity contribution >= 4 is 17.0 Å². The second-order valence-corrected chi connectivity index (χ2v) is 4.18. The average molecular weight is 220 g/mol. The number of nitrogen functional groups attached to an aromatic ring is 1. The second kappa shape index (κ2) is 4.31. The summed E-state index contributed by atoms with van der Waals surface area (Å²) in [6.45, 7) is 2.49. The molecule has 3 nitrogen and oxygen atoms in total. The topological polar surface area (TPSA) is 48.1 Å². The van der Waals surface area contributed by atoms with E-state index in [9.17, 15) is 0 Å². The normalized spacial score (nSPS) is 10.2. The maximum Gasteiger partial charge on any atom is 0.140 e. The fourth-order valence-electron chi connectivity index (χ4n) is 1.18. The molecular formula is C11H12N2OS. The number of hydrogen-bond acceptors (Lipinski definition) is 4. The predicted molar refractivity (Wildman–Crippen MR) is 62.0 cm³/mol. The first kappa shape index (κ1) is 9.98. The zero-order valence-corrected chi connectivity index (χ0v) is 9.25. The molecule has 2 rings (SSSR count). The Morgan fingerprint density at radius 1 is 1.33 bits per heavy atom. The zero-order chi connectivity index (χ0) is 10.7. The maximum atomic E-state index is 5.57. The van der Waals surface area contributed by atoms with Crippen molar-refractivity contribution in [2.75, 3.05) is 5.73 Å². The van der Waals surface area contributed by atoms with Crippen molar-refractivity contribution in [1.82, 2.24) is 4.98 Å². The summed E-state index contributed by atoms with van der Waals surface area (Å²) in [7, 11) is 0. The van der Waals surface area contributed by atoms with E-state index in [-0.39, 0.29) is 0 Å². The van der Waals surface area contributed by atoms with Gasteiger partial charge in [0.05, 0.1) is 0 Å². The van der Waals surface area contributed by atoms with Crippen LogP contribution in [0.25, 0.3) is 0 Å². The largest absolute Gasteiger partial charge is 0.486 e. The van der Waals surface area contributed by atoms with Crippen LogP contribution in [-0.2, 0) is 6.61 Å². The van der Waals surface area contributed by atoms with E-state index in [2.05, 4.69) is 4.98 Å². The fourth-order valence-corrected chi connectivity index (χ4v) is 1.86. The van der Waals surface area contributed by atoms with E-state index in [0.717, 1.165) is 22.1 Å². The lowest BCUT2D eigenvalue weighted by Crippen LogP contribution is -1.95. The summed E-state index contributed by atoms with van der Waals surface area (Å²) in [5, 5.41) is 3.01. The zero-order valence-electron chi connectivity index (χ0n) is 8.43. The first-order chi connectivity index (χ1) is 7.24. The van der Waals surface area contributed by atoms with Crippen LogP contribution < -0.4 is 10.5 Å². The molecule has 0 amide bonds. The van der Waals surface area contributed by atoms with Crippen LogP contribution in [0.4, 0.5) is 5.69 Å². The first-order valence-corrected chi connectivity index (χ1v) is 5.51. The molecule has 0 spiro atoms. The molecule has 0 aliphatic rings. The van der Waals surface area contributed by atoms with E-state index < -0.39 is 0 Å². The van der Waals surface area contributed by atoms with Crippen LogP contribution in [0.5, 0.6) is 5.75 Å². The maximum absolute atomic E-state index is 5.57. The van der Waals surface area contributed by atoms with Crippen molar-refractivity contribution in [1.29, 1.82) is 0 Å². The van der Waals surface area contributed by atoms with Gasteiger partial charge in [-0.3, -0.25) is 0 Å². The van der Waals surface area contributed by atoms with Gasteiger partial charge in [-0.1, -0.05) is 0 Å². The van der Waals surface area contributed by atoms with E-state index in [1.807, 2.05) is 36.6 Å². The quantitative estimate of drug-likeness (QED) is 0.809. The summed E-state index contributed by atoms with van der Waals surface area (Å²) in [6, 6.07) is 7.36. The van der Waals surface area contributed by atoms with Gasteiger partial charge in [0.15, 0.2) is 0 Å². The second-order valence-electron chi connectivity index (χ2n) is 3.24. The Hall–Kier alpha value is -1.55. The van der Waals surface area contributed by atoms with Crippen molar-refractivity contribution in [3.63, 3.8) is 0 Å². The Bertz CT molecular complexity index is 436. The average Bonchev–Trinajstić information content (AvgIpc) is 2.64. The summed E-state index contributed by atoms with van der Waals surface area (Å²) >= 11 is 1.61. The SMILES string of the molecule is Cc1csc(COc2ccc(N)cc2)n1. The molecule has 78 valence electrons. The van der Waals surface area contributed by atoms with Crippen LogP contribution in [0.15, 0.2) is 29.6 Å². The minimum absolute atomic E-state index is 0.516. The number of ether oxygens (including phenoxy) is 1. The molecule has 2 aromatic rings. The summed E-state index contributed by atoms with van der Waals surface area (Å²) < 4.78 is 5.55. The summed E-state index contributed by atoms with van der Waals surface area (Å²) in [4.78, 5) is 4.31. The Kier molecular flexibility index (Phi) is 2.87. The molecular weight excluding hydrogens is 208 g/mol. The highest BCUT2D eigenvalue weighted by molar-refractivity contribution is 7.09. The van der Waals surface area contributed by atoms with Crippen molar-refractivity contribution < 1.29 is 4.74 Å². The van der Waals surface area contributed by atoms with E-state index in [4.69, 9.17) is 10.5 Å². The highest BCUT2D eigenvalue weighted by Gasteiger charge is 1.99. The van der Waals surface area contributed by atoms with Crippen molar-refractivity contribution in [3.05, 3.63) is 40.3 Å². The lowest BCUT2D eigenvalue weighted by molar-refractivity contribution is 0.305. The monoisotopic (exact) mass is 220 g/mol. The van der Waals surface area contributed by atoms with Gasteiger partial charge in [-0.2, -0.15) is 0 Å². The van der Waals surface area contributed by atoms with Gasteiger partial charge in [-0.05, 0) is 31.2 Å². The molecule has 0 aliphatic carbocycles. The smallest absolute Gasteiger partial charge is 0.140 e. The van der Waals surface area contributed by atoms with Crippen LogP contribution in [0.1, 0.15) is 10.7 Å². The number of nitrogens with zero attached hydrogens (tertiary/aromatic N) is 1. The van der Waals surface area contributed by atoms with Crippen LogP contribution in [0.3, 0.4) is 0 Å². The van der Waals surface area contributed by atoms with Gasteiger partial charge < -0.3 is 10.5 Å². The van der Waals surface area contributed by atoms with Gasteiger partial charge in [-0.25, -0.2) is 4.98 Å². The number of hydrogen-bond donors (Lipinski definition) is 1. The molecule has 0 bridgehead atoms. The molecule has 0 atom stereocenters. The predicted octanol–water partition coefficient (Wildman–Crippen LogP) is 2.61. The lowest BCUT2D eigenvalue weighted by Gasteiger charge is -2.03. The van der Waals surface area contributed by atoms with Crippen molar-refractivity contribution in [2.45, 2.75) is 13.5 Å². The van der Waals surface area contributed by atoms with Gasteiger partial charge in [0, 0.05) is 16.8 Å². The van der Waals surface area contributed by atoms with Gasteiger partial charge in [-0.15, -0.1) is 11.3 Å². The van der Waals surface area contributed by atoms with E-state index in [1.165, 1.54) is 0 Å². The number of benzene rings is 1. The minimum Gasteiger partial charge on any atom is -0.486 e. The molecule has 0 aliphatic heterocycles. The molecule has 1 aromatic heterocycles. The number of aryl methyl sites for hydroxylation is 1. The number of anilines is 1. The summed E-state index contributed by atoms with van der Waals surface area (Å²) in [6.07, 6.45) is 0. The molecule has 0 saturated carbocycles. The van der Waals surface area contributed by atoms with Crippen LogP contribution >= 0.6 is 11.3 Å². The molecule has 4 heteroatoms. The van der Waals surface area contributed by atoms with E-state index in [0.29, 0.717) is 6.61 Å². The van der Waals surface area contributed by atoms with E-state index in [1.54, 1.807) is 11.3 Å². The number of aromatic nitrogens is 1. The highest BCUT2D eigenvalue weighted by atomic mass is 32.1. The third kappa shape index (κ3) is 2.70. The molecule has 2 N–H and O–H groups in total. The minimum atomic E-state index is 0.516. The Morgan fingerprint density at radius 3 is 2.67 bits per heavy atom. The summed E-state index contributed by atoms with van der Waals surface area (Å²) in [5.74, 6) is 0.817. The van der Waals surface area contributed by atoms with Gasteiger partial charge in [0.1, 0.15) is 17.4 Å². The van der Waals surface area contributed by atoms with Crippen molar-refractivity contribution in [2.24, 2.45) is 0 Å². The fraction of sp³-hybridized carbons (Fsp3) is 0.182. The highest BCUT2D eigenvalue weighted by Crippen LogP contribution is 2.16. The number of nitrogens with two attached hydrogens (primary N) is 1. The Labute approximate surface area is 92.5 Å². The number of thiazole rings is 1. The first-order valence-electron chi connectivity index (χ1n) is 4.63. The van der Waals surface area contributed by atoms with Gasteiger partial charge in [0.2, 0.25) is 0 Å². The third-order valence-corrected chi connectivity index (χ3v) is 2.85. The van der Waals surface area contributed by atoms with Crippen LogP contribution in [0, 0.1) is 6.92 Å². The molecule has 0 fully saturated rings. The molecule has 15 heavy (non-hydrogen) atoms. The molecule has 0 radical (unpaired) electrons. The van der Waals surface area contributed by atoms with Crippen molar-refractivity contribution in [3.8, 4) is 5.75 Å². The third-order valence-electron chi connectivity index (χ3n) is 1.91. The van der Waals surface area contributed by atoms with Gasteiger partial charge >= 0.3 is 0 Å². The lowest BCUT2D eigenvalue weighted by atomic mass is 10.3.